The van der Waals surface area contributed by atoms with Crippen LogP contribution in [0.25, 0.3) is 0 Å². The third-order valence-electron chi connectivity index (χ3n) is 5.63. The van der Waals surface area contributed by atoms with Crippen LogP contribution in [0, 0.1) is 0 Å². The van der Waals surface area contributed by atoms with Crippen molar-refractivity contribution >= 4 is 35.9 Å². The average molecular weight is 507 g/mol. The number of piperazine rings is 1. The van der Waals surface area contributed by atoms with Gasteiger partial charge in [0.05, 0.1) is 6.54 Å². The SMILES string of the molecule is I.NC(=NCC1CCCN1Cc1ccccc1)N1CCN(c2ncccn2)CC1. The van der Waals surface area contributed by atoms with E-state index in [1.54, 1.807) is 12.4 Å². The first-order valence-electron chi connectivity index (χ1n) is 10.1. The van der Waals surface area contributed by atoms with Gasteiger partial charge in [-0.25, -0.2) is 9.97 Å². The maximum Gasteiger partial charge on any atom is 0.225 e. The predicted molar refractivity (Wildman–Crippen MR) is 128 cm³/mol. The van der Waals surface area contributed by atoms with Crippen LogP contribution in [-0.2, 0) is 6.54 Å². The van der Waals surface area contributed by atoms with E-state index in [4.69, 9.17) is 10.7 Å². The largest absolute Gasteiger partial charge is 0.370 e. The Kier molecular flexibility index (Phi) is 8.05. The van der Waals surface area contributed by atoms with Gasteiger partial charge in [-0.15, -0.1) is 24.0 Å². The van der Waals surface area contributed by atoms with Crippen LogP contribution in [0.3, 0.4) is 0 Å². The first-order valence-corrected chi connectivity index (χ1v) is 10.1. The topological polar surface area (TPSA) is 73.9 Å². The molecule has 29 heavy (non-hydrogen) atoms. The molecule has 0 bridgehead atoms. The highest BCUT2D eigenvalue weighted by Crippen LogP contribution is 2.20. The molecule has 3 heterocycles. The van der Waals surface area contributed by atoms with Crippen LogP contribution < -0.4 is 10.6 Å². The van der Waals surface area contributed by atoms with Gasteiger partial charge in [0.15, 0.2) is 5.96 Å². The second kappa shape index (κ2) is 10.7. The van der Waals surface area contributed by atoms with E-state index < -0.39 is 0 Å². The summed E-state index contributed by atoms with van der Waals surface area (Å²) in [6.07, 6.45) is 6.01. The Balaban J connectivity index is 0.00000240. The summed E-state index contributed by atoms with van der Waals surface area (Å²) in [5, 5.41) is 0. The average Bonchev–Trinajstić information content (AvgIpc) is 3.20. The van der Waals surface area contributed by atoms with E-state index in [1.165, 1.54) is 18.4 Å². The quantitative estimate of drug-likeness (QED) is 0.380. The number of aromatic nitrogens is 2. The van der Waals surface area contributed by atoms with E-state index in [0.29, 0.717) is 12.0 Å². The second-order valence-corrected chi connectivity index (χ2v) is 7.47. The molecule has 2 aliphatic heterocycles. The van der Waals surface area contributed by atoms with Crippen LogP contribution in [0.2, 0.25) is 0 Å². The molecule has 1 aromatic carbocycles. The van der Waals surface area contributed by atoms with Gasteiger partial charge < -0.3 is 15.5 Å². The lowest BCUT2D eigenvalue weighted by Gasteiger charge is -2.35. The van der Waals surface area contributed by atoms with E-state index in [2.05, 4.69) is 55.0 Å². The smallest absolute Gasteiger partial charge is 0.225 e. The molecule has 1 atom stereocenters. The Bertz CT molecular complexity index is 763. The van der Waals surface area contributed by atoms with Gasteiger partial charge in [0.2, 0.25) is 5.95 Å². The molecule has 0 radical (unpaired) electrons. The molecule has 2 saturated heterocycles. The molecular formula is C21H30IN7. The summed E-state index contributed by atoms with van der Waals surface area (Å²) >= 11 is 0. The van der Waals surface area contributed by atoms with Gasteiger partial charge in [-0.1, -0.05) is 30.3 Å². The molecule has 2 aromatic rings. The van der Waals surface area contributed by atoms with Crippen LogP contribution in [0.5, 0.6) is 0 Å². The van der Waals surface area contributed by atoms with E-state index in [9.17, 15) is 0 Å². The van der Waals surface area contributed by atoms with Crippen molar-refractivity contribution in [2.45, 2.75) is 25.4 Å². The van der Waals surface area contributed by atoms with Gasteiger partial charge >= 0.3 is 0 Å². The van der Waals surface area contributed by atoms with Crippen LogP contribution in [-0.4, -0.2) is 71.0 Å². The summed E-state index contributed by atoms with van der Waals surface area (Å²) in [5.74, 6) is 1.46. The van der Waals surface area contributed by atoms with Crippen molar-refractivity contribution in [2.24, 2.45) is 10.7 Å². The third-order valence-corrected chi connectivity index (χ3v) is 5.63. The maximum atomic E-state index is 6.32. The van der Waals surface area contributed by atoms with Crippen LogP contribution in [0.4, 0.5) is 5.95 Å². The van der Waals surface area contributed by atoms with Gasteiger partial charge in [0.1, 0.15) is 0 Å². The maximum absolute atomic E-state index is 6.32. The van der Waals surface area contributed by atoms with Crippen molar-refractivity contribution in [3.8, 4) is 0 Å². The number of nitrogens with two attached hydrogens (primary N) is 1. The Labute approximate surface area is 190 Å². The minimum absolute atomic E-state index is 0. The van der Waals surface area contributed by atoms with E-state index in [-0.39, 0.29) is 24.0 Å². The first kappa shape index (κ1) is 21.8. The van der Waals surface area contributed by atoms with Gasteiger partial charge in [-0.05, 0) is 31.0 Å². The Hall–Kier alpha value is -1.94. The fraction of sp³-hybridized carbons (Fsp3) is 0.476. The van der Waals surface area contributed by atoms with Gasteiger partial charge in [0.25, 0.3) is 0 Å². The normalized spacial score (nSPS) is 20.6. The molecule has 4 rings (SSSR count). The van der Waals surface area contributed by atoms with Gasteiger partial charge in [0, 0.05) is 51.2 Å². The van der Waals surface area contributed by atoms with Crippen LogP contribution in [0.15, 0.2) is 53.8 Å². The summed E-state index contributed by atoms with van der Waals surface area (Å²) in [7, 11) is 0. The number of guanidine groups is 1. The molecule has 1 aromatic heterocycles. The standard InChI is InChI=1S/C21H29N7.HI/c22-20(26-12-14-27(15-13-26)21-23-9-5-10-24-21)25-16-19-8-4-11-28(19)17-18-6-2-1-3-7-18;/h1-3,5-7,9-10,19H,4,8,11-17H2,(H2,22,25);1H. The molecule has 2 fully saturated rings. The molecule has 0 saturated carbocycles. The molecule has 8 heteroatoms. The number of rotatable bonds is 5. The van der Waals surface area contributed by atoms with Crippen molar-refractivity contribution in [2.75, 3.05) is 44.2 Å². The minimum atomic E-state index is 0. The molecular weight excluding hydrogens is 477 g/mol. The number of anilines is 1. The number of likely N-dealkylation sites (tertiary alicyclic amines) is 1. The number of hydrogen-bond acceptors (Lipinski definition) is 5. The van der Waals surface area contributed by atoms with Crippen molar-refractivity contribution in [1.82, 2.24) is 19.8 Å². The van der Waals surface area contributed by atoms with Crippen molar-refractivity contribution in [3.63, 3.8) is 0 Å². The highest BCUT2D eigenvalue weighted by Gasteiger charge is 2.25. The summed E-state index contributed by atoms with van der Waals surface area (Å²) in [6.45, 7) is 6.35. The fourth-order valence-electron chi connectivity index (χ4n) is 4.02. The lowest BCUT2D eigenvalue weighted by molar-refractivity contribution is 0.250. The zero-order valence-electron chi connectivity index (χ0n) is 16.7. The lowest BCUT2D eigenvalue weighted by Crippen LogP contribution is -2.51. The van der Waals surface area contributed by atoms with Gasteiger partial charge in [-0.2, -0.15) is 0 Å². The number of nitrogens with zero attached hydrogens (tertiary/aromatic N) is 6. The Morgan fingerprint density at radius 1 is 1.00 bits per heavy atom. The molecule has 0 amide bonds. The fourth-order valence-corrected chi connectivity index (χ4v) is 4.02. The van der Waals surface area contributed by atoms with Crippen molar-refractivity contribution < 1.29 is 0 Å². The summed E-state index contributed by atoms with van der Waals surface area (Å²) in [5.41, 5.74) is 7.68. The first-order chi connectivity index (χ1) is 13.8. The zero-order chi connectivity index (χ0) is 19.2. The molecule has 2 N–H and O–H groups in total. The number of halogens is 1. The number of aliphatic imine (C=N–C) groups is 1. The molecule has 7 nitrogen and oxygen atoms in total. The highest BCUT2D eigenvalue weighted by atomic mass is 127. The lowest BCUT2D eigenvalue weighted by atomic mass is 10.2. The molecule has 1 unspecified atom stereocenters. The number of hydrogen-bond donors (Lipinski definition) is 1. The Morgan fingerprint density at radius 3 is 2.45 bits per heavy atom. The molecule has 2 aliphatic rings. The second-order valence-electron chi connectivity index (χ2n) is 7.47. The zero-order valence-corrected chi connectivity index (χ0v) is 19.1. The molecule has 156 valence electrons. The minimum Gasteiger partial charge on any atom is -0.370 e. The van der Waals surface area contributed by atoms with Crippen LogP contribution in [0.1, 0.15) is 18.4 Å². The number of benzene rings is 1. The molecule has 0 aliphatic carbocycles. The summed E-state index contributed by atoms with van der Waals surface area (Å²) in [6, 6.07) is 13.0. The highest BCUT2D eigenvalue weighted by molar-refractivity contribution is 14.0. The van der Waals surface area contributed by atoms with Crippen molar-refractivity contribution in [1.29, 1.82) is 0 Å². The van der Waals surface area contributed by atoms with E-state index in [0.717, 1.165) is 51.8 Å². The van der Waals surface area contributed by atoms with Gasteiger partial charge in [-0.3, -0.25) is 9.89 Å². The van der Waals surface area contributed by atoms with Crippen molar-refractivity contribution in [3.05, 3.63) is 54.4 Å². The van der Waals surface area contributed by atoms with E-state index >= 15 is 0 Å². The monoisotopic (exact) mass is 507 g/mol. The molecule has 0 spiro atoms. The summed E-state index contributed by atoms with van der Waals surface area (Å²) in [4.78, 5) is 20.3. The van der Waals surface area contributed by atoms with E-state index in [1.807, 2.05) is 6.07 Å². The summed E-state index contributed by atoms with van der Waals surface area (Å²) < 4.78 is 0. The Morgan fingerprint density at radius 2 is 1.72 bits per heavy atom. The predicted octanol–water partition coefficient (Wildman–Crippen LogP) is 2.20. The van der Waals surface area contributed by atoms with Crippen LogP contribution >= 0.6 is 24.0 Å². The third kappa shape index (κ3) is 5.79.